The Labute approximate surface area is 157 Å². The van der Waals surface area contributed by atoms with Gasteiger partial charge in [-0.3, -0.25) is 9.89 Å². The van der Waals surface area contributed by atoms with E-state index in [0.717, 1.165) is 5.56 Å². The molecule has 2 aromatic carbocycles. The highest BCUT2D eigenvalue weighted by Gasteiger charge is 2.13. The van der Waals surface area contributed by atoms with Crippen LogP contribution >= 0.6 is 11.3 Å². The number of amides is 1. The Morgan fingerprint density at radius 3 is 2.67 bits per heavy atom. The fraction of sp³-hybridized carbons (Fsp3) is 0. The lowest BCUT2D eigenvalue weighted by Gasteiger charge is -2.05. The lowest BCUT2D eigenvalue weighted by Crippen LogP contribution is -2.11. The van der Waals surface area contributed by atoms with Crippen LogP contribution in [-0.2, 0) is 0 Å². The van der Waals surface area contributed by atoms with Crippen molar-refractivity contribution in [1.82, 2.24) is 10.2 Å². The monoisotopic (exact) mass is 381 g/mol. The van der Waals surface area contributed by atoms with Gasteiger partial charge in [-0.25, -0.2) is 8.78 Å². The second-order valence-corrected chi connectivity index (χ2v) is 6.75. The third-order valence-corrected chi connectivity index (χ3v) is 4.85. The normalized spacial score (nSPS) is 11.3. The molecule has 2 aromatic heterocycles. The Balaban J connectivity index is 1.65. The van der Waals surface area contributed by atoms with E-state index in [4.69, 9.17) is 0 Å². The first kappa shape index (κ1) is 17.1. The molecule has 0 aliphatic carbocycles. The molecule has 0 fully saturated rings. The van der Waals surface area contributed by atoms with Crippen LogP contribution < -0.4 is 5.32 Å². The van der Waals surface area contributed by atoms with E-state index in [2.05, 4.69) is 15.5 Å². The van der Waals surface area contributed by atoms with E-state index in [0.29, 0.717) is 21.5 Å². The minimum atomic E-state index is -0.551. The van der Waals surface area contributed by atoms with Crippen LogP contribution in [0, 0.1) is 11.6 Å². The molecule has 0 atom stereocenters. The number of nitrogens with one attached hydrogen (secondary N) is 2. The molecule has 4 nitrogen and oxygen atoms in total. The van der Waals surface area contributed by atoms with Crippen molar-refractivity contribution in [3.05, 3.63) is 81.7 Å². The van der Waals surface area contributed by atoms with Gasteiger partial charge in [0.05, 0.1) is 21.8 Å². The summed E-state index contributed by atoms with van der Waals surface area (Å²) in [4.78, 5) is 12.7. The zero-order valence-electron chi connectivity index (χ0n) is 13.9. The fourth-order valence-electron chi connectivity index (χ4n) is 2.62. The van der Waals surface area contributed by atoms with Crippen LogP contribution in [0.4, 0.5) is 14.5 Å². The maximum Gasteiger partial charge on any atom is 0.265 e. The van der Waals surface area contributed by atoms with Gasteiger partial charge in [-0.05, 0) is 41.3 Å². The quantitative estimate of drug-likeness (QED) is 0.502. The number of rotatable bonds is 4. The van der Waals surface area contributed by atoms with E-state index in [1.54, 1.807) is 47.9 Å². The van der Waals surface area contributed by atoms with Crippen molar-refractivity contribution in [1.29, 1.82) is 0 Å². The molecule has 4 rings (SSSR count). The number of anilines is 1. The van der Waals surface area contributed by atoms with Crippen LogP contribution in [0.2, 0.25) is 0 Å². The van der Waals surface area contributed by atoms with E-state index in [-0.39, 0.29) is 17.4 Å². The highest BCUT2D eigenvalue weighted by Crippen LogP contribution is 2.26. The minimum Gasteiger partial charge on any atom is -0.319 e. The van der Waals surface area contributed by atoms with Gasteiger partial charge in [0.2, 0.25) is 0 Å². The van der Waals surface area contributed by atoms with Gasteiger partial charge in [0, 0.05) is 11.5 Å². The Morgan fingerprint density at radius 1 is 1.11 bits per heavy atom. The van der Waals surface area contributed by atoms with Crippen LogP contribution in [0.5, 0.6) is 0 Å². The first-order valence-electron chi connectivity index (χ1n) is 8.06. The van der Waals surface area contributed by atoms with Crippen molar-refractivity contribution in [2.45, 2.75) is 0 Å². The van der Waals surface area contributed by atoms with Gasteiger partial charge in [-0.1, -0.05) is 24.3 Å². The first-order valence-corrected chi connectivity index (χ1v) is 8.94. The third kappa shape index (κ3) is 3.63. The topological polar surface area (TPSA) is 57.8 Å². The second kappa shape index (κ2) is 7.13. The SMILES string of the molecule is O=C(Nc1cc2c(/C=C/c3ccc(F)cc3)n[nH]c2cc1F)c1cccs1. The van der Waals surface area contributed by atoms with Gasteiger partial charge in [0.1, 0.15) is 11.6 Å². The molecule has 0 aliphatic rings. The minimum absolute atomic E-state index is 0.0822. The van der Waals surface area contributed by atoms with Gasteiger partial charge < -0.3 is 5.32 Å². The number of H-pyrrole nitrogens is 1. The number of carbonyl (C=O) groups is 1. The van der Waals surface area contributed by atoms with E-state index >= 15 is 0 Å². The summed E-state index contributed by atoms with van der Waals surface area (Å²) < 4.78 is 27.3. The second-order valence-electron chi connectivity index (χ2n) is 5.80. The lowest BCUT2D eigenvalue weighted by molar-refractivity contribution is 0.103. The average molecular weight is 381 g/mol. The van der Waals surface area contributed by atoms with Gasteiger partial charge in [0.15, 0.2) is 0 Å². The number of benzene rings is 2. The first-order chi connectivity index (χ1) is 13.1. The molecule has 0 unspecified atom stereocenters. The van der Waals surface area contributed by atoms with Gasteiger partial charge in [-0.15, -0.1) is 11.3 Å². The molecule has 0 bridgehead atoms. The predicted molar refractivity (Wildman–Crippen MR) is 104 cm³/mol. The average Bonchev–Trinajstić information content (AvgIpc) is 3.32. The lowest BCUT2D eigenvalue weighted by atomic mass is 10.1. The van der Waals surface area contributed by atoms with Crippen molar-refractivity contribution < 1.29 is 13.6 Å². The number of halogens is 2. The number of aromatic nitrogens is 2. The molecule has 0 aliphatic heterocycles. The zero-order valence-corrected chi connectivity index (χ0v) is 14.7. The molecule has 1 amide bonds. The van der Waals surface area contributed by atoms with Crippen molar-refractivity contribution >= 4 is 46.0 Å². The number of nitrogens with zero attached hydrogens (tertiary/aromatic N) is 1. The van der Waals surface area contributed by atoms with Gasteiger partial charge in [-0.2, -0.15) is 5.10 Å². The highest BCUT2D eigenvalue weighted by molar-refractivity contribution is 7.12. The molecule has 2 N–H and O–H groups in total. The highest BCUT2D eigenvalue weighted by atomic mass is 32.1. The zero-order chi connectivity index (χ0) is 18.8. The number of hydrogen-bond acceptors (Lipinski definition) is 3. The van der Waals surface area contributed by atoms with Crippen molar-refractivity contribution in [2.75, 3.05) is 5.32 Å². The van der Waals surface area contributed by atoms with Crippen LogP contribution in [0.25, 0.3) is 23.1 Å². The van der Waals surface area contributed by atoms with E-state index in [1.165, 1.54) is 29.5 Å². The molecule has 0 saturated heterocycles. The molecular weight excluding hydrogens is 368 g/mol. The summed E-state index contributed by atoms with van der Waals surface area (Å²) in [6, 6.07) is 12.3. The van der Waals surface area contributed by atoms with Crippen LogP contribution in [-0.4, -0.2) is 16.1 Å². The number of aromatic amines is 1. The van der Waals surface area contributed by atoms with Crippen molar-refractivity contribution in [2.24, 2.45) is 0 Å². The Bertz CT molecular complexity index is 1130. The molecule has 0 radical (unpaired) electrons. The Morgan fingerprint density at radius 2 is 1.93 bits per heavy atom. The predicted octanol–water partition coefficient (Wildman–Crippen LogP) is 5.33. The number of hydrogen-bond donors (Lipinski definition) is 2. The number of thiophene rings is 1. The van der Waals surface area contributed by atoms with Crippen LogP contribution in [0.1, 0.15) is 20.9 Å². The Kier molecular flexibility index (Phi) is 4.52. The smallest absolute Gasteiger partial charge is 0.265 e. The summed E-state index contributed by atoms with van der Waals surface area (Å²) in [7, 11) is 0. The van der Waals surface area contributed by atoms with Crippen LogP contribution in [0.3, 0.4) is 0 Å². The molecule has 134 valence electrons. The maximum atomic E-state index is 14.3. The van der Waals surface area contributed by atoms with E-state index in [1.807, 2.05) is 0 Å². The molecule has 7 heteroatoms. The summed E-state index contributed by atoms with van der Waals surface area (Å²) in [6.07, 6.45) is 3.52. The van der Waals surface area contributed by atoms with E-state index < -0.39 is 5.82 Å². The molecular formula is C20H13F2N3OS. The van der Waals surface area contributed by atoms with Gasteiger partial charge >= 0.3 is 0 Å². The van der Waals surface area contributed by atoms with E-state index in [9.17, 15) is 13.6 Å². The number of fused-ring (bicyclic) bond motifs is 1. The third-order valence-electron chi connectivity index (χ3n) is 3.98. The summed E-state index contributed by atoms with van der Waals surface area (Å²) in [5, 5.41) is 12.0. The van der Waals surface area contributed by atoms with Crippen molar-refractivity contribution in [3.63, 3.8) is 0 Å². The summed E-state index contributed by atoms with van der Waals surface area (Å²) in [5.41, 5.74) is 1.99. The summed E-state index contributed by atoms with van der Waals surface area (Å²) in [6.45, 7) is 0. The molecule has 4 aromatic rings. The Hall–Kier alpha value is -3.32. The molecule has 27 heavy (non-hydrogen) atoms. The largest absolute Gasteiger partial charge is 0.319 e. The van der Waals surface area contributed by atoms with Gasteiger partial charge in [0.25, 0.3) is 5.91 Å². The van der Waals surface area contributed by atoms with Crippen molar-refractivity contribution in [3.8, 4) is 0 Å². The fourth-order valence-corrected chi connectivity index (χ4v) is 3.24. The summed E-state index contributed by atoms with van der Waals surface area (Å²) in [5.74, 6) is -1.22. The molecule has 0 spiro atoms. The standard InChI is InChI=1S/C20H13F2N3OS/c21-13-6-3-12(4-7-13)5-8-16-14-10-18(15(22)11-17(14)25-24-16)23-20(26)19-2-1-9-27-19/h1-11H,(H,23,26)(H,24,25)/b8-5+. The summed E-state index contributed by atoms with van der Waals surface area (Å²) >= 11 is 1.28. The molecule has 0 saturated carbocycles. The number of carbonyl (C=O) groups excluding carboxylic acids is 1. The maximum absolute atomic E-state index is 14.3. The van der Waals surface area contributed by atoms with Crippen LogP contribution in [0.15, 0.2) is 53.9 Å². The molecule has 2 heterocycles.